The Hall–Kier alpha value is -8.18. The van der Waals surface area contributed by atoms with E-state index in [1.165, 1.54) is 31.2 Å². The smallest absolute Gasteiger partial charge is 0.327 e. The van der Waals surface area contributed by atoms with Gasteiger partial charge in [0.25, 0.3) is 0 Å². The third-order valence-corrected chi connectivity index (χ3v) is 13.4. The summed E-state index contributed by atoms with van der Waals surface area (Å²) in [6.45, 7) is 1.56. The normalized spacial score (nSPS) is 15.9. The van der Waals surface area contributed by atoms with E-state index in [1.807, 2.05) is 0 Å². The lowest BCUT2D eigenvalue weighted by molar-refractivity contribution is -0.146. The van der Waals surface area contributed by atoms with Gasteiger partial charge in [-0.15, -0.1) is 0 Å². The average molecular weight is 1230 g/mol. The molecule has 0 radical (unpaired) electrons. The minimum atomic E-state index is -1.97. The Morgan fingerprint density at radius 2 is 1.02 bits per heavy atom. The first-order valence-corrected chi connectivity index (χ1v) is 27.9. The van der Waals surface area contributed by atoms with Crippen LogP contribution in [0.1, 0.15) is 83.1 Å². The van der Waals surface area contributed by atoms with E-state index in [-0.39, 0.29) is 101 Å². The second-order valence-corrected chi connectivity index (χ2v) is 20.2. The predicted octanol–water partition coefficient (Wildman–Crippen LogP) is -7.32. The molecule has 468 valence electrons. The third-order valence-electron chi connectivity index (χ3n) is 12.6. The number of phenolic OH excluding ortho intramolecular Hbond substituents is 1. The number of aliphatic carboxylic acids is 2. The number of carbonyl (C=O) groups excluding carboxylic acids is 10. The van der Waals surface area contributed by atoms with E-state index in [4.69, 9.17) is 40.1 Å². The highest BCUT2D eigenvalue weighted by Gasteiger charge is 2.41. The fraction of sp³-hybridized carbons (Fsp3) is 0.592. The van der Waals surface area contributed by atoms with Crippen molar-refractivity contribution in [1.82, 2.24) is 47.4 Å². The molecule has 25 N–H and O–H groups in total. The number of carboxylic acids is 2. The zero-order chi connectivity index (χ0) is 63.2. The summed E-state index contributed by atoms with van der Waals surface area (Å²) in [6, 6.07) is -9.64. The molecule has 33 nitrogen and oxygen atoms in total. The lowest BCUT2D eigenvalue weighted by Crippen LogP contribution is -2.61. The van der Waals surface area contributed by atoms with Crippen molar-refractivity contribution in [2.24, 2.45) is 50.1 Å². The van der Waals surface area contributed by atoms with Crippen molar-refractivity contribution in [2.45, 2.75) is 144 Å². The summed E-state index contributed by atoms with van der Waals surface area (Å²) in [5, 5.41) is 48.8. The number of rotatable bonds is 38. The fourth-order valence-electron chi connectivity index (χ4n) is 8.26. The molecule has 0 bridgehead atoms. The quantitative estimate of drug-likeness (QED) is 0.0127. The van der Waals surface area contributed by atoms with Gasteiger partial charge in [-0.05, 0) is 89.0 Å². The summed E-state index contributed by atoms with van der Waals surface area (Å²) in [4.78, 5) is 169. The number of aliphatic imine (C=N–C) groups is 2. The van der Waals surface area contributed by atoms with E-state index in [2.05, 4.69) is 77.8 Å². The molecule has 10 amide bonds. The molecule has 35 heteroatoms. The second kappa shape index (κ2) is 37.1. The number of aromatic hydroxyl groups is 1. The Balaban J connectivity index is 2.48. The maximum Gasteiger partial charge on any atom is 0.327 e. The minimum Gasteiger partial charge on any atom is -0.508 e. The maximum absolute atomic E-state index is 14.3. The lowest BCUT2D eigenvalue weighted by atomic mass is 10.0. The molecular formula is C49H80N18O15S2. The fourth-order valence-corrected chi connectivity index (χ4v) is 8.76. The number of carbonyl (C=O) groups is 12. The van der Waals surface area contributed by atoms with Gasteiger partial charge in [-0.1, -0.05) is 12.1 Å². The molecule has 1 heterocycles. The van der Waals surface area contributed by atoms with E-state index in [0.29, 0.717) is 18.4 Å². The van der Waals surface area contributed by atoms with Gasteiger partial charge in [-0.2, -0.15) is 25.3 Å². The molecule has 84 heavy (non-hydrogen) atoms. The van der Waals surface area contributed by atoms with Gasteiger partial charge in [-0.25, -0.2) is 4.79 Å². The van der Waals surface area contributed by atoms with Gasteiger partial charge >= 0.3 is 11.9 Å². The van der Waals surface area contributed by atoms with Crippen LogP contribution in [0.25, 0.3) is 0 Å². The van der Waals surface area contributed by atoms with Gasteiger partial charge in [0, 0.05) is 37.6 Å². The number of benzene rings is 1. The van der Waals surface area contributed by atoms with Crippen LogP contribution in [0, 0.1) is 0 Å². The van der Waals surface area contributed by atoms with Gasteiger partial charge in [0.05, 0.1) is 18.9 Å². The number of nitrogens with one attached hydrogen (secondary N) is 8. The number of hydrogen-bond acceptors (Lipinski definition) is 19. The van der Waals surface area contributed by atoms with Crippen LogP contribution < -0.4 is 82.7 Å². The Labute approximate surface area is 494 Å². The Bertz CT molecular complexity index is 2520. The van der Waals surface area contributed by atoms with Crippen molar-refractivity contribution in [1.29, 1.82) is 0 Å². The highest BCUT2D eigenvalue weighted by atomic mass is 32.1. The van der Waals surface area contributed by atoms with Crippen LogP contribution in [0.4, 0.5) is 0 Å². The number of nitrogens with two attached hydrogens (primary N) is 7. The number of amides is 10. The summed E-state index contributed by atoms with van der Waals surface area (Å²) in [5.74, 6) is -14.4. The Morgan fingerprint density at radius 1 is 0.583 bits per heavy atom. The van der Waals surface area contributed by atoms with E-state index in [1.54, 1.807) is 0 Å². The van der Waals surface area contributed by atoms with E-state index in [0.717, 1.165) is 4.90 Å². The molecule has 0 aliphatic carbocycles. The first-order valence-electron chi connectivity index (χ1n) is 26.6. The van der Waals surface area contributed by atoms with Crippen molar-refractivity contribution in [2.75, 3.05) is 37.7 Å². The van der Waals surface area contributed by atoms with Crippen molar-refractivity contribution in [3.05, 3.63) is 29.8 Å². The van der Waals surface area contributed by atoms with Crippen LogP contribution in [-0.2, 0) is 64.0 Å². The third kappa shape index (κ3) is 25.9. The standard InChI is InChI=1S/C49H80N18O15S2/c1-24(51)38(72)59-28(8-4-16-57-48(53)54)39(73)60-29(9-5-17-58-49(55)56)40(74)65-33(22-83)44(78)62-30(19-25-11-13-26(68)14-12-25)42(76)63-31(20-36(52)69)43(77)64-32(21-37(70)71)46(80)67-18-6-10-35(67)45(79)61-27(7-2-3-15-50)41(75)66-34(23-84)47(81)82/h11-14,24,27-35,68,83-84H,2-10,15-23,50-51H2,1H3,(H2,52,69)(H,59,72)(H,60,73)(H,61,79)(H,62,78)(H,63,76)(H,64,77)(H,65,74)(H,66,75)(H,70,71)(H,81,82)(H4,53,54,57)(H4,55,56,58)/t24-,27-,28-,29-,30-,31-,32-,33-,34-,35-/m0/s1. The van der Waals surface area contributed by atoms with Gasteiger partial charge in [0.15, 0.2) is 11.9 Å². The summed E-state index contributed by atoms with van der Waals surface area (Å²) in [7, 11) is 0. The lowest BCUT2D eigenvalue weighted by Gasteiger charge is -2.30. The molecule has 0 aromatic heterocycles. The minimum absolute atomic E-state index is 0.00415. The van der Waals surface area contributed by atoms with Gasteiger partial charge in [0.2, 0.25) is 59.1 Å². The van der Waals surface area contributed by atoms with Crippen LogP contribution in [0.15, 0.2) is 34.3 Å². The second-order valence-electron chi connectivity index (χ2n) is 19.5. The summed E-state index contributed by atoms with van der Waals surface area (Å²) in [6.07, 6.45) is -1.30. The molecule has 10 atom stereocenters. The van der Waals surface area contributed by atoms with E-state index in [9.17, 15) is 72.9 Å². The van der Waals surface area contributed by atoms with Crippen molar-refractivity contribution >= 4 is 108 Å². The molecule has 1 aromatic rings. The van der Waals surface area contributed by atoms with Crippen LogP contribution in [0.5, 0.6) is 5.75 Å². The van der Waals surface area contributed by atoms with Gasteiger partial charge < -0.3 is 103 Å². The first-order chi connectivity index (χ1) is 39.6. The molecule has 0 saturated carbocycles. The number of unbranched alkanes of at least 4 members (excludes halogenated alkanes) is 1. The average Bonchev–Trinajstić information content (AvgIpc) is 4.15. The monoisotopic (exact) mass is 1220 g/mol. The number of thiol groups is 2. The number of phenols is 1. The van der Waals surface area contributed by atoms with E-state index >= 15 is 0 Å². The summed E-state index contributed by atoms with van der Waals surface area (Å²) >= 11 is 8.20. The van der Waals surface area contributed by atoms with Crippen molar-refractivity contribution < 1.29 is 72.9 Å². The van der Waals surface area contributed by atoms with Crippen LogP contribution in [-0.4, -0.2) is 201 Å². The highest BCUT2D eigenvalue weighted by Crippen LogP contribution is 2.21. The molecule has 1 aromatic carbocycles. The number of hydrogen-bond donors (Lipinski definition) is 20. The summed E-state index contributed by atoms with van der Waals surface area (Å²) in [5.41, 5.74) is 38.9. The van der Waals surface area contributed by atoms with Crippen LogP contribution in [0.2, 0.25) is 0 Å². The van der Waals surface area contributed by atoms with Crippen LogP contribution >= 0.6 is 25.3 Å². The molecule has 1 saturated heterocycles. The topological polar surface area (TPSA) is 572 Å². The molecule has 2 rings (SSSR count). The number of nitrogens with zero attached hydrogens (tertiary/aromatic N) is 3. The largest absolute Gasteiger partial charge is 0.508 e. The number of likely N-dealkylation sites (tertiary alicyclic amines) is 1. The number of carboxylic acid groups (broad SMARTS) is 2. The van der Waals surface area contributed by atoms with Gasteiger partial charge in [-0.3, -0.25) is 62.7 Å². The maximum atomic E-state index is 14.3. The molecule has 0 unspecified atom stereocenters. The number of guanidine groups is 2. The van der Waals surface area contributed by atoms with Crippen molar-refractivity contribution in [3.8, 4) is 5.75 Å². The Morgan fingerprint density at radius 3 is 1.51 bits per heavy atom. The zero-order valence-corrected chi connectivity index (χ0v) is 48.1. The SMILES string of the molecule is C[C@H](N)C(=O)N[C@@H](CCCN=C(N)N)C(=O)N[C@@H](CCCN=C(N)N)C(=O)N[C@@H](CS)C(=O)N[C@@H](Cc1ccc(O)cc1)C(=O)N[C@@H](CC(N)=O)C(=O)N[C@@H](CC(=O)O)C(=O)N1CCC[C@H]1C(=O)N[C@@H](CCCCN)C(=O)N[C@@H](CS)C(=O)O. The molecular weight excluding hydrogens is 1140 g/mol. The van der Waals surface area contributed by atoms with Gasteiger partial charge in [0.1, 0.15) is 60.1 Å². The van der Waals surface area contributed by atoms with E-state index < -0.39 is 150 Å². The molecule has 1 aliphatic heterocycles. The molecule has 0 spiro atoms. The first kappa shape index (κ1) is 71.9. The molecule has 1 fully saturated rings. The van der Waals surface area contributed by atoms with Crippen LogP contribution in [0.3, 0.4) is 0 Å². The molecule has 1 aliphatic rings. The summed E-state index contributed by atoms with van der Waals surface area (Å²) < 4.78 is 0. The zero-order valence-electron chi connectivity index (χ0n) is 46.3. The highest BCUT2D eigenvalue weighted by molar-refractivity contribution is 7.80. The number of primary amides is 1. The Kier molecular flexibility index (Phi) is 31.8. The predicted molar refractivity (Wildman–Crippen MR) is 310 cm³/mol. The van der Waals surface area contributed by atoms with Crippen molar-refractivity contribution in [3.63, 3.8) is 0 Å².